The van der Waals surface area contributed by atoms with Gasteiger partial charge in [0.1, 0.15) is 5.75 Å². The van der Waals surface area contributed by atoms with Crippen molar-refractivity contribution in [2.75, 3.05) is 13.7 Å². The van der Waals surface area contributed by atoms with Gasteiger partial charge in [-0.3, -0.25) is 0 Å². The predicted molar refractivity (Wildman–Crippen MR) is 106 cm³/mol. The van der Waals surface area contributed by atoms with E-state index in [0.717, 1.165) is 27.5 Å². The van der Waals surface area contributed by atoms with Crippen LogP contribution in [0.25, 0.3) is 0 Å². The molecule has 0 spiro atoms. The number of hydrogen-bond donors (Lipinski definition) is 2. The molecule has 0 radical (unpaired) electrons. The lowest BCUT2D eigenvalue weighted by Crippen LogP contribution is -2.24. The van der Waals surface area contributed by atoms with Crippen molar-refractivity contribution in [2.45, 2.75) is 44.5 Å². The average Bonchev–Trinajstić information content (AvgIpc) is 2.82. The quantitative estimate of drug-likeness (QED) is 0.805. The molecule has 0 bridgehead atoms. The van der Waals surface area contributed by atoms with Crippen LogP contribution in [0.4, 0.5) is 0 Å². The zero-order valence-electron chi connectivity index (χ0n) is 15.8. The third kappa shape index (κ3) is 5.02. The number of rotatable bonds is 5. The fourth-order valence-corrected chi connectivity index (χ4v) is 3.75. The molecule has 146 valence electrons. The Bertz CT molecular complexity index is 746. The highest BCUT2D eigenvalue weighted by atomic mass is 35.5. The van der Waals surface area contributed by atoms with E-state index in [0.29, 0.717) is 19.3 Å². The van der Waals surface area contributed by atoms with Crippen LogP contribution in [0.2, 0.25) is 5.02 Å². The van der Waals surface area contributed by atoms with Crippen LogP contribution in [0.1, 0.15) is 42.6 Å². The van der Waals surface area contributed by atoms with Crippen molar-refractivity contribution in [3.63, 3.8) is 0 Å². The van der Waals surface area contributed by atoms with Crippen LogP contribution >= 0.6 is 11.6 Å². The number of methoxy groups -OCH3 is 1. The van der Waals surface area contributed by atoms with Crippen LogP contribution < -0.4 is 4.74 Å². The van der Waals surface area contributed by atoms with E-state index in [-0.39, 0.29) is 24.7 Å². The summed E-state index contributed by atoms with van der Waals surface area (Å²) in [6.07, 6.45) is 0.905. The van der Waals surface area contributed by atoms with E-state index in [1.165, 1.54) is 0 Å². The second-order valence-electron chi connectivity index (χ2n) is 7.32. The Hall–Kier alpha value is -1.59. The van der Waals surface area contributed by atoms with Gasteiger partial charge in [-0.05, 0) is 53.6 Å². The number of aliphatic hydroxyl groups is 2. The van der Waals surface area contributed by atoms with Crippen LogP contribution in [0.3, 0.4) is 0 Å². The average molecular weight is 391 g/mol. The van der Waals surface area contributed by atoms with E-state index in [1.54, 1.807) is 7.11 Å². The maximum absolute atomic E-state index is 10.2. The number of ether oxygens (including phenoxy) is 2. The first-order chi connectivity index (χ1) is 13.0. The molecule has 1 aliphatic heterocycles. The predicted octanol–water partition coefficient (Wildman–Crippen LogP) is 4.15. The van der Waals surface area contributed by atoms with Crippen molar-refractivity contribution >= 4 is 11.6 Å². The molecule has 1 unspecified atom stereocenters. The van der Waals surface area contributed by atoms with Gasteiger partial charge in [0.2, 0.25) is 0 Å². The Morgan fingerprint density at radius 3 is 2.56 bits per heavy atom. The monoisotopic (exact) mass is 390 g/mol. The Balaban J connectivity index is 1.82. The van der Waals surface area contributed by atoms with Crippen molar-refractivity contribution in [1.82, 2.24) is 0 Å². The van der Waals surface area contributed by atoms with E-state index in [1.807, 2.05) is 43.3 Å². The van der Waals surface area contributed by atoms with Gasteiger partial charge in [-0.2, -0.15) is 0 Å². The Morgan fingerprint density at radius 2 is 1.89 bits per heavy atom. The second-order valence-corrected chi connectivity index (χ2v) is 7.73. The molecule has 2 aromatic rings. The smallest absolute Gasteiger partial charge is 0.118 e. The minimum Gasteiger partial charge on any atom is -0.497 e. The number of benzene rings is 2. The summed E-state index contributed by atoms with van der Waals surface area (Å²) in [4.78, 5) is 0. The van der Waals surface area contributed by atoms with Crippen molar-refractivity contribution in [3.8, 4) is 5.75 Å². The van der Waals surface area contributed by atoms with E-state index in [2.05, 4.69) is 6.07 Å². The van der Waals surface area contributed by atoms with Crippen LogP contribution in [0, 0.1) is 5.92 Å². The van der Waals surface area contributed by atoms with Gasteiger partial charge in [-0.15, -0.1) is 0 Å². The molecule has 0 aromatic heterocycles. The molecule has 1 heterocycles. The molecular weight excluding hydrogens is 364 g/mol. The molecule has 1 saturated heterocycles. The van der Waals surface area contributed by atoms with E-state index in [4.69, 9.17) is 21.1 Å². The number of hydrogen-bond acceptors (Lipinski definition) is 4. The molecule has 3 rings (SSSR count). The van der Waals surface area contributed by atoms with Gasteiger partial charge in [-0.1, -0.05) is 42.8 Å². The molecule has 0 saturated carbocycles. The molecule has 0 aliphatic carbocycles. The maximum Gasteiger partial charge on any atom is 0.118 e. The maximum atomic E-state index is 10.2. The summed E-state index contributed by atoms with van der Waals surface area (Å²) < 4.78 is 11.3. The Morgan fingerprint density at radius 1 is 1.15 bits per heavy atom. The molecule has 27 heavy (non-hydrogen) atoms. The van der Waals surface area contributed by atoms with Gasteiger partial charge in [0, 0.05) is 11.4 Å². The second kappa shape index (κ2) is 9.07. The van der Waals surface area contributed by atoms with Crippen LogP contribution in [-0.2, 0) is 11.2 Å². The molecule has 5 heteroatoms. The zero-order chi connectivity index (χ0) is 19.4. The minimum atomic E-state index is -0.460. The Labute approximate surface area is 165 Å². The largest absolute Gasteiger partial charge is 0.497 e. The third-order valence-electron chi connectivity index (χ3n) is 5.30. The standard InChI is InChI=1S/C22H27ClO4/c1-14-9-22(27-19(13-24)12-21(14)25)16-5-8-20(23)17(11-16)10-15-3-6-18(26-2)7-4-15/h3-8,11,14,19,21-22,24-25H,9-10,12-13H2,1-2H3/t14-,19?,21+,22-/m1/s1. The molecular formula is C22H27ClO4. The lowest BCUT2D eigenvalue weighted by Gasteiger charge is -2.22. The molecule has 4 nitrogen and oxygen atoms in total. The number of halogens is 1. The van der Waals surface area contributed by atoms with Crippen molar-refractivity contribution in [2.24, 2.45) is 5.92 Å². The highest BCUT2D eigenvalue weighted by molar-refractivity contribution is 6.31. The first kappa shape index (κ1) is 20.2. The number of aliphatic hydroxyl groups excluding tert-OH is 2. The molecule has 4 atom stereocenters. The summed E-state index contributed by atoms with van der Waals surface area (Å²) in [7, 11) is 1.65. The van der Waals surface area contributed by atoms with Crippen molar-refractivity contribution in [1.29, 1.82) is 0 Å². The fourth-order valence-electron chi connectivity index (χ4n) is 3.57. The normalized spacial score (nSPS) is 25.8. The Kier molecular flexibility index (Phi) is 6.77. The van der Waals surface area contributed by atoms with Crippen LogP contribution in [0.5, 0.6) is 5.75 Å². The lowest BCUT2D eigenvalue weighted by molar-refractivity contribution is -0.0431. The minimum absolute atomic E-state index is 0.0907. The summed E-state index contributed by atoms with van der Waals surface area (Å²) in [5, 5.41) is 20.5. The van der Waals surface area contributed by atoms with Gasteiger partial charge >= 0.3 is 0 Å². The SMILES string of the molecule is COc1ccc(Cc2cc([C@H]3C[C@@H](C)[C@@H](O)CC(CO)O3)ccc2Cl)cc1. The van der Waals surface area contributed by atoms with Crippen LogP contribution in [0.15, 0.2) is 42.5 Å². The zero-order valence-corrected chi connectivity index (χ0v) is 16.5. The molecule has 1 fully saturated rings. The van der Waals surface area contributed by atoms with Crippen LogP contribution in [-0.4, -0.2) is 36.1 Å². The van der Waals surface area contributed by atoms with Crippen molar-refractivity contribution < 1.29 is 19.7 Å². The first-order valence-electron chi connectivity index (χ1n) is 9.35. The van der Waals surface area contributed by atoms with Gasteiger partial charge in [0.25, 0.3) is 0 Å². The molecule has 2 N–H and O–H groups in total. The lowest BCUT2D eigenvalue weighted by atomic mass is 9.92. The van der Waals surface area contributed by atoms with E-state index < -0.39 is 6.10 Å². The highest BCUT2D eigenvalue weighted by Gasteiger charge is 2.30. The van der Waals surface area contributed by atoms with Gasteiger partial charge in [0.15, 0.2) is 0 Å². The summed E-state index contributed by atoms with van der Waals surface area (Å²) in [5.41, 5.74) is 3.21. The van der Waals surface area contributed by atoms with E-state index >= 15 is 0 Å². The van der Waals surface area contributed by atoms with Gasteiger partial charge in [-0.25, -0.2) is 0 Å². The summed E-state index contributed by atoms with van der Waals surface area (Å²) in [6, 6.07) is 13.9. The van der Waals surface area contributed by atoms with Gasteiger partial charge in [0.05, 0.1) is 32.0 Å². The topological polar surface area (TPSA) is 58.9 Å². The third-order valence-corrected chi connectivity index (χ3v) is 5.67. The summed E-state index contributed by atoms with van der Waals surface area (Å²) in [6.45, 7) is 1.93. The van der Waals surface area contributed by atoms with E-state index in [9.17, 15) is 10.2 Å². The molecule has 1 aliphatic rings. The molecule has 2 aromatic carbocycles. The summed E-state index contributed by atoms with van der Waals surface area (Å²) >= 11 is 6.44. The highest BCUT2D eigenvalue weighted by Crippen LogP contribution is 2.35. The van der Waals surface area contributed by atoms with Gasteiger partial charge < -0.3 is 19.7 Å². The van der Waals surface area contributed by atoms with Crippen molar-refractivity contribution in [3.05, 3.63) is 64.2 Å². The summed E-state index contributed by atoms with van der Waals surface area (Å²) in [5.74, 6) is 0.931. The first-order valence-corrected chi connectivity index (χ1v) is 9.73. The fraction of sp³-hybridized carbons (Fsp3) is 0.455. The molecule has 0 amide bonds.